The predicted octanol–water partition coefficient (Wildman–Crippen LogP) is 0.749. The Morgan fingerprint density at radius 2 is 2.35 bits per heavy atom. The zero-order valence-corrected chi connectivity index (χ0v) is 9.27. The van der Waals surface area contributed by atoms with E-state index in [9.17, 15) is 9.90 Å². The largest absolute Gasteiger partial charge is 0.507 e. The topological polar surface area (TPSA) is 90.9 Å². The molecule has 0 bridgehead atoms. The highest BCUT2D eigenvalue weighted by atomic mass is 16.3. The highest BCUT2D eigenvalue weighted by Crippen LogP contribution is 2.18. The minimum atomic E-state index is -0.348. The summed E-state index contributed by atoms with van der Waals surface area (Å²) in [4.78, 5) is 15.6. The zero-order chi connectivity index (χ0) is 12.3. The van der Waals surface area contributed by atoms with Gasteiger partial charge >= 0.3 is 0 Å². The number of nitrogens with zero attached hydrogens (tertiary/aromatic N) is 2. The summed E-state index contributed by atoms with van der Waals surface area (Å²) >= 11 is 0. The molecule has 0 aliphatic heterocycles. The van der Waals surface area contributed by atoms with Gasteiger partial charge in [0.15, 0.2) is 0 Å². The molecule has 0 saturated heterocycles. The third kappa shape index (κ3) is 2.60. The fourth-order valence-electron chi connectivity index (χ4n) is 1.41. The summed E-state index contributed by atoms with van der Waals surface area (Å²) in [7, 11) is 0. The summed E-state index contributed by atoms with van der Waals surface area (Å²) in [6.45, 7) is 2.09. The first kappa shape index (κ1) is 11.1. The number of phenolic OH excluding ortho intramolecular Hbond substituents is 1. The van der Waals surface area contributed by atoms with Crippen LogP contribution in [0.4, 0.5) is 0 Å². The molecule has 0 fully saturated rings. The maximum Gasteiger partial charge on any atom is 0.255 e. The van der Waals surface area contributed by atoms with Crippen LogP contribution in [0.3, 0.4) is 0 Å². The second kappa shape index (κ2) is 4.65. The lowest BCUT2D eigenvalue weighted by Gasteiger charge is -2.05. The van der Waals surface area contributed by atoms with Crippen LogP contribution >= 0.6 is 0 Å². The van der Waals surface area contributed by atoms with Crippen LogP contribution in [0.25, 0.3) is 0 Å². The Morgan fingerprint density at radius 3 is 3.00 bits per heavy atom. The maximum absolute atomic E-state index is 11.7. The van der Waals surface area contributed by atoms with Crippen molar-refractivity contribution in [1.29, 1.82) is 0 Å². The number of benzene rings is 1. The number of aromatic hydroxyl groups is 1. The van der Waals surface area contributed by atoms with Crippen molar-refractivity contribution in [3.8, 4) is 5.75 Å². The van der Waals surface area contributed by atoms with Gasteiger partial charge in [0.05, 0.1) is 12.1 Å². The van der Waals surface area contributed by atoms with E-state index in [0.717, 1.165) is 5.56 Å². The van der Waals surface area contributed by atoms with Crippen molar-refractivity contribution in [3.05, 3.63) is 41.5 Å². The first-order chi connectivity index (χ1) is 8.16. The quantitative estimate of drug-likeness (QED) is 0.728. The molecule has 88 valence electrons. The molecule has 0 unspecified atom stereocenters. The van der Waals surface area contributed by atoms with Gasteiger partial charge in [-0.15, -0.1) is 0 Å². The van der Waals surface area contributed by atoms with Crippen molar-refractivity contribution in [1.82, 2.24) is 20.5 Å². The number of phenols is 1. The maximum atomic E-state index is 11.7. The van der Waals surface area contributed by atoms with Gasteiger partial charge in [0.1, 0.15) is 17.9 Å². The van der Waals surface area contributed by atoms with Crippen molar-refractivity contribution < 1.29 is 9.90 Å². The van der Waals surface area contributed by atoms with Crippen LogP contribution in [0.2, 0.25) is 0 Å². The summed E-state index contributed by atoms with van der Waals surface area (Å²) in [5.74, 6) is 0.184. The normalized spacial score (nSPS) is 10.2. The molecule has 2 aromatic rings. The number of aromatic amines is 1. The lowest BCUT2D eigenvalue weighted by Crippen LogP contribution is -2.23. The van der Waals surface area contributed by atoms with Crippen LogP contribution in [0.15, 0.2) is 24.5 Å². The molecular weight excluding hydrogens is 220 g/mol. The molecule has 17 heavy (non-hydrogen) atoms. The number of rotatable bonds is 3. The minimum absolute atomic E-state index is 0.0277. The summed E-state index contributed by atoms with van der Waals surface area (Å²) in [6, 6.07) is 4.90. The Labute approximate surface area is 97.7 Å². The van der Waals surface area contributed by atoms with Gasteiger partial charge in [-0.25, -0.2) is 4.98 Å². The van der Waals surface area contributed by atoms with Crippen molar-refractivity contribution in [2.75, 3.05) is 0 Å². The number of aryl methyl sites for hydroxylation is 1. The molecule has 0 aliphatic carbocycles. The second-order valence-electron chi connectivity index (χ2n) is 3.64. The standard InChI is InChI=1S/C11H12N4O2/c1-7-2-3-8(9(16)4-7)11(17)12-5-10-13-6-14-15-10/h2-4,6,16H,5H2,1H3,(H,12,17)(H,13,14,15). The minimum Gasteiger partial charge on any atom is -0.507 e. The Morgan fingerprint density at radius 1 is 1.53 bits per heavy atom. The third-order valence-corrected chi connectivity index (χ3v) is 2.28. The van der Waals surface area contributed by atoms with E-state index in [2.05, 4.69) is 20.5 Å². The van der Waals surface area contributed by atoms with Gasteiger partial charge in [0, 0.05) is 0 Å². The predicted molar refractivity (Wildman–Crippen MR) is 60.4 cm³/mol. The average molecular weight is 232 g/mol. The average Bonchev–Trinajstić information content (AvgIpc) is 2.78. The molecule has 2 rings (SSSR count). The molecule has 0 spiro atoms. The smallest absolute Gasteiger partial charge is 0.255 e. The Kier molecular flexibility index (Phi) is 3.04. The van der Waals surface area contributed by atoms with E-state index < -0.39 is 0 Å². The van der Waals surface area contributed by atoms with E-state index >= 15 is 0 Å². The number of nitrogens with one attached hydrogen (secondary N) is 2. The van der Waals surface area contributed by atoms with E-state index in [1.165, 1.54) is 6.33 Å². The molecule has 1 aromatic carbocycles. The Hall–Kier alpha value is -2.37. The lowest BCUT2D eigenvalue weighted by molar-refractivity contribution is 0.0947. The SMILES string of the molecule is Cc1ccc(C(=O)NCc2ncn[nH]2)c(O)c1. The summed E-state index contributed by atoms with van der Waals surface area (Å²) < 4.78 is 0. The first-order valence-corrected chi connectivity index (χ1v) is 5.09. The second-order valence-corrected chi connectivity index (χ2v) is 3.64. The fraction of sp³-hybridized carbons (Fsp3) is 0.182. The number of carbonyl (C=O) groups excluding carboxylic acids is 1. The van der Waals surface area contributed by atoms with Crippen LogP contribution in [0, 0.1) is 6.92 Å². The zero-order valence-electron chi connectivity index (χ0n) is 9.27. The fourth-order valence-corrected chi connectivity index (χ4v) is 1.41. The van der Waals surface area contributed by atoms with Crippen molar-refractivity contribution >= 4 is 5.91 Å². The monoisotopic (exact) mass is 232 g/mol. The van der Waals surface area contributed by atoms with Crippen molar-refractivity contribution in [3.63, 3.8) is 0 Å². The summed E-state index contributed by atoms with van der Waals surface area (Å²) in [5.41, 5.74) is 1.14. The van der Waals surface area contributed by atoms with Crippen LogP contribution in [-0.4, -0.2) is 26.2 Å². The summed E-state index contributed by atoms with van der Waals surface area (Å²) in [5, 5.41) is 18.5. The first-order valence-electron chi connectivity index (χ1n) is 5.09. The number of hydrogen-bond acceptors (Lipinski definition) is 4. The highest BCUT2D eigenvalue weighted by molar-refractivity contribution is 5.96. The number of H-pyrrole nitrogens is 1. The van der Waals surface area contributed by atoms with E-state index in [4.69, 9.17) is 0 Å². The molecule has 3 N–H and O–H groups in total. The van der Waals surface area contributed by atoms with Crippen molar-refractivity contribution in [2.45, 2.75) is 13.5 Å². The van der Waals surface area contributed by atoms with Gasteiger partial charge in [-0.3, -0.25) is 9.89 Å². The van der Waals surface area contributed by atoms with Crippen LogP contribution in [0.1, 0.15) is 21.7 Å². The van der Waals surface area contributed by atoms with Gasteiger partial charge in [-0.1, -0.05) is 6.07 Å². The molecule has 0 aliphatic rings. The molecule has 0 atom stereocenters. The van der Waals surface area contributed by atoms with E-state index in [1.807, 2.05) is 6.92 Å². The van der Waals surface area contributed by atoms with Gasteiger partial charge in [0.2, 0.25) is 0 Å². The molecule has 6 nitrogen and oxygen atoms in total. The number of hydrogen-bond donors (Lipinski definition) is 3. The molecule has 1 aromatic heterocycles. The molecule has 0 radical (unpaired) electrons. The van der Waals surface area contributed by atoms with Crippen LogP contribution in [0.5, 0.6) is 5.75 Å². The highest BCUT2D eigenvalue weighted by Gasteiger charge is 2.10. The Balaban J connectivity index is 2.04. The van der Waals surface area contributed by atoms with Gasteiger partial charge in [-0.05, 0) is 24.6 Å². The molecule has 1 heterocycles. The van der Waals surface area contributed by atoms with E-state index in [1.54, 1.807) is 18.2 Å². The lowest BCUT2D eigenvalue weighted by atomic mass is 10.1. The third-order valence-electron chi connectivity index (χ3n) is 2.28. The molecule has 1 amide bonds. The Bertz CT molecular complexity index is 522. The van der Waals surface area contributed by atoms with Gasteiger partial charge in [0.25, 0.3) is 5.91 Å². The number of carbonyl (C=O) groups is 1. The molecule has 0 saturated carbocycles. The van der Waals surface area contributed by atoms with Gasteiger partial charge in [-0.2, -0.15) is 5.10 Å². The van der Waals surface area contributed by atoms with E-state index in [-0.39, 0.29) is 23.8 Å². The van der Waals surface area contributed by atoms with Crippen molar-refractivity contribution in [2.24, 2.45) is 0 Å². The van der Waals surface area contributed by atoms with Crippen LogP contribution < -0.4 is 5.32 Å². The van der Waals surface area contributed by atoms with E-state index in [0.29, 0.717) is 5.82 Å². The molecule has 6 heteroatoms. The number of amides is 1. The van der Waals surface area contributed by atoms with Gasteiger partial charge < -0.3 is 10.4 Å². The number of aromatic nitrogens is 3. The summed E-state index contributed by atoms with van der Waals surface area (Å²) in [6.07, 6.45) is 1.37. The molecular formula is C11H12N4O2. The van der Waals surface area contributed by atoms with Crippen LogP contribution in [-0.2, 0) is 6.54 Å².